The lowest BCUT2D eigenvalue weighted by Gasteiger charge is -2.10. The van der Waals surface area contributed by atoms with Crippen molar-refractivity contribution in [1.29, 1.82) is 0 Å². The molecule has 0 aliphatic heterocycles. The van der Waals surface area contributed by atoms with Gasteiger partial charge in [-0.25, -0.2) is 15.0 Å². The van der Waals surface area contributed by atoms with Crippen LogP contribution in [-0.2, 0) is 0 Å². The monoisotopic (exact) mass is 769 g/mol. The predicted molar refractivity (Wildman–Crippen MR) is 240 cm³/mol. The van der Waals surface area contributed by atoms with E-state index in [-0.39, 0.29) is 69.6 Å². The van der Waals surface area contributed by atoms with Crippen molar-refractivity contribution in [2.45, 2.75) is 0 Å². The van der Waals surface area contributed by atoms with E-state index in [0.717, 1.165) is 57.0 Å². The van der Waals surface area contributed by atoms with Crippen LogP contribution in [0.25, 0.3) is 119 Å². The van der Waals surface area contributed by atoms with Crippen LogP contribution in [0.2, 0.25) is 0 Å². The summed E-state index contributed by atoms with van der Waals surface area (Å²) in [5.74, 6) is 0.691. The maximum atomic E-state index is 9.71. The first kappa shape index (κ1) is 26.8. The fourth-order valence-corrected chi connectivity index (χ4v) is 10.1. The van der Waals surface area contributed by atoms with Gasteiger partial charge in [-0.2, -0.15) is 0 Å². The molecule has 266 valence electrons. The maximum absolute atomic E-state index is 9.71. The minimum absolute atomic E-state index is 0.0217. The standard InChI is InChI=1S/C51H29N3OS2/c1-2-10-30(11-3-1)31-20-22-32(23-21-31)49-52-50(54-51(53-49)40-15-9-19-45-48(40)39-13-5-7-18-44(39)56-45)34-25-27-38-42(28-34)55-41-16-8-14-35(47(38)41)33-24-26-37-36-12-4-6-17-43(36)57-46(37)29-33/h1-29H/i8D,14D,16D,25D,27D,28D. The van der Waals surface area contributed by atoms with Crippen molar-refractivity contribution in [3.8, 4) is 56.4 Å². The molecule has 0 aliphatic rings. The maximum Gasteiger partial charge on any atom is 0.164 e. The highest BCUT2D eigenvalue weighted by Gasteiger charge is 2.19. The van der Waals surface area contributed by atoms with Crippen LogP contribution in [0.5, 0.6) is 0 Å². The fourth-order valence-electron chi connectivity index (χ4n) is 7.80. The van der Waals surface area contributed by atoms with E-state index in [4.69, 9.17) is 22.1 Å². The van der Waals surface area contributed by atoms with Gasteiger partial charge in [0.25, 0.3) is 0 Å². The molecule has 0 bridgehead atoms. The molecule has 0 saturated carbocycles. The number of rotatable bonds is 5. The largest absolute Gasteiger partial charge is 0.456 e. The topological polar surface area (TPSA) is 51.8 Å². The molecule has 12 rings (SSSR count). The Morgan fingerprint density at radius 2 is 1.05 bits per heavy atom. The number of hydrogen-bond acceptors (Lipinski definition) is 6. The Hall–Kier alpha value is -6.99. The van der Waals surface area contributed by atoms with E-state index in [0.29, 0.717) is 28.3 Å². The summed E-state index contributed by atoms with van der Waals surface area (Å²) < 4.78 is 66.5. The summed E-state index contributed by atoms with van der Waals surface area (Å²) in [4.78, 5) is 15.0. The molecule has 0 saturated heterocycles. The molecule has 4 aromatic heterocycles. The Morgan fingerprint density at radius 1 is 0.404 bits per heavy atom. The first-order chi connectivity index (χ1) is 30.7. The molecule has 0 atom stereocenters. The zero-order chi connectivity index (χ0) is 42.7. The zero-order valence-electron chi connectivity index (χ0n) is 35.8. The van der Waals surface area contributed by atoms with E-state index in [2.05, 4.69) is 30.3 Å². The van der Waals surface area contributed by atoms with Crippen LogP contribution in [0.15, 0.2) is 180 Å². The van der Waals surface area contributed by atoms with Gasteiger partial charge in [-0.3, -0.25) is 0 Å². The summed E-state index contributed by atoms with van der Waals surface area (Å²) in [5, 5.41) is 4.58. The van der Waals surface area contributed by atoms with Gasteiger partial charge in [0.05, 0.1) is 8.22 Å². The minimum atomic E-state index is -0.336. The van der Waals surface area contributed by atoms with Crippen molar-refractivity contribution >= 4 is 85.0 Å². The molecular formula is C51H29N3OS2. The first-order valence-corrected chi connectivity index (χ1v) is 20.1. The van der Waals surface area contributed by atoms with Gasteiger partial charge in [0.15, 0.2) is 17.5 Å². The summed E-state index contributed by atoms with van der Waals surface area (Å²) in [5.41, 5.74) is 4.35. The molecule has 0 unspecified atom stereocenters. The third-order valence-corrected chi connectivity index (χ3v) is 12.8. The first-order valence-electron chi connectivity index (χ1n) is 21.4. The quantitative estimate of drug-likeness (QED) is 0.175. The van der Waals surface area contributed by atoms with Gasteiger partial charge in [0.2, 0.25) is 0 Å². The molecule has 57 heavy (non-hydrogen) atoms. The van der Waals surface area contributed by atoms with E-state index in [1.165, 1.54) is 0 Å². The highest BCUT2D eigenvalue weighted by molar-refractivity contribution is 7.26. The Kier molecular flexibility index (Phi) is 6.00. The highest BCUT2D eigenvalue weighted by Crippen LogP contribution is 2.43. The molecule has 4 nitrogen and oxygen atoms in total. The molecular weight excluding hydrogens is 735 g/mol. The predicted octanol–water partition coefficient (Wildman–Crippen LogP) is 14.8. The second kappa shape index (κ2) is 12.8. The van der Waals surface area contributed by atoms with E-state index in [1.54, 1.807) is 22.7 Å². The van der Waals surface area contributed by atoms with Gasteiger partial charge in [-0.05, 0) is 64.6 Å². The molecule has 0 N–H and O–H groups in total. The summed E-state index contributed by atoms with van der Waals surface area (Å²) in [6.45, 7) is 0. The van der Waals surface area contributed by atoms with Crippen LogP contribution in [0.4, 0.5) is 0 Å². The molecule has 0 aliphatic carbocycles. The van der Waals surface area contributed by atoms with Crippen molar-refractivity contribution in [2.24, 2.45) is 0 Å². The minimum Gasteiger partial charge on any atom is -0.456 e. The highest BCUT2D eigenvalue weighted by atomic mass is 32.1. The number of hydrogen-bond donors (Lipinski definition) is 0. The van der Waals surface area contributed by atoms with Crippen LogP contribution >= 0.6 is 22.7 Å². The number of furan rings is 1. The van der Waals surface area contributed by atoms with Crippen molar-refractivity contribution in [3.05, 3.63) is 176 Å². The summed E-state index contributed by atoms with van der Waals surface area (Å²) in [7, 11) is 0. The average Bonchev–Trinajstić information content (AvgIpc) is 4.02. The van der Waals surface area contributed by atoms with Crippen molar-refractivity contribution in [3.63, 3.8) is 0 Å². The molecule has 8 aromatic carbocycles. The second-order valence-corrected chi connectivity index (χ2v) is 16.0. The number of fused-ring (bicyclic) bond motifs is 9. The summed E-state index contributed by atoms with van der Waals surface area (Å²) in [6.07, 6.45) is 0. The average molecular weight is 770 g/mol. The lowest BCUT2D eigenvalue weighted by molar-refractivity contribution is 0.669. The summed E-state index contributed by atoms with van der Waals surface area (Å²) >= 11 is 3.29. The Morgan fingerprint density at radius 3 is 1.91 bits per heavy atom. The SMILES string of the molecule is [2H]c1c([2H])c(-c2ccc3c(c2)sc2ccccc23)c2c(oc3c([2H])c(-c4nc(-c5ccc(-c6ccccc6)cc5)nc(-c5cccc6sc7ccccc7c56)n4)c([2H])c([2H])c32)c1[2H]. The molecule has 4 heterocycles. The van der Waals surface area contributed by atoms with Crippen LogP contribution in [-0.4, -0.2) is 15.0 Å². The van der Waals surface area contributed by atoms with Gasteiger partial charge < -0.3 is 4.42 Å². The van der Waals surface area contributed by atoms with Crippen LogP contribution in [0.1, 0.15) is 8.22 Å². The van der Waals surface area contributed by atoms with Crippen molar-refractivity contribution in [2.75, 3.05) is 0 Å². The van der Waals surface area contributed by atoms with Gasteiger partial charge in [-0.15, -0.1) is 22.7 Å². The van der Waals surface area contributed by atoms with Crippen LogP contribution in [0.3, 0.4) is 0 Å². The van der Waals surface area contributed by atoms with E-state index in [9.17, 15) is 5.48 Å². The van der Waals surface area contributed by atoms with E-state index >= 15 is 0 Å². The van der Waals surface area contributed by atoms with Gasteiger partial charge in [-0.1, -0.05) is 133 Å². The van der Waals surface area contributed by atoms with Crippen LogP contribution in [0, 0.1) is 0 Å². The zero-order valence-corrected chi connectivity index (χ0v) is 31.5. The van der Waals surface area contributed by atoms with Gasteiger partial charge >= 0.3 is 0 Å². The van der Waals surface area contributed by atoms with Crippen molar-refractivity contribution in [1.82, 2.24) is 15.0 Å². The molecule has 0 spiro atoms. The lowest BCUT2D eigenvalue weighted by atomic mass is 9.98. The molecule has 12 aromatic rings. The van der Waals surface area contributed by atoms with Crippen LogP contribution < -0.4 is 0 Å². The normalized spacial score (nSPS) is 13.3. The van der Waals surface area contributed by atoms with E-state index < -0.39 is 0 Å². The molecule has 0 amide bonds. The second-order valence-electron chi connectivity index (χ2n) is 13.8. The van der Waals surface area contributed by atoms with Gasteiger partial charge in [0, 0.05) is 67.8 Å². The Bertz CT molecular complexity index is 3880. The Balaban J connectivity index is 1.10. The summed E-state index contributed by atoms with van der Waals surface area (Å²) in [6, 6.07) is 44.4. The smallest absolute Gasteiger partial charge is 0.164 e. The van der Waals surface area contributed by atoms with Gasteiger partial charge in [0.1, 0.15) is 11.2 Å². The fraction of sp³-hybridized carbons (Fsp3) is 0. The third kappa shape index (κ3) is 5.30. The third-order valence-electron chi connectivity index (χ3n) is 10.5. The molecule has 6 heteroatoms. The number of nitrogens with zero attached hydrogens (tertiary/aromatic N) is 3. The number of thiophene rings is 2. The van der Waals surface area contributed by atoms with E-state index in [1.807, 2.05) is 109 Å². The number of benzene rings is 8. The molecule has 0 fully saturated rings. The lowest BCUT2D eigenvalue weighted by Crippen LogP contribution is -2.00. The van der Waals surface area contributed by atoms with Crippen molar-refractivity contribution < 1.29 is 12.6 Å². The Labute approximate surface area is 343 Å². The molecule has 0 radical (unpaired) electrons. The number of aromatic nitrogens is 3.